The highest BCUT2D eigenvalue weighted by atomic mass is 16.6. The van der Waals surface area contributed by atoms with Gasteiger partial charge < -0.3 is 10.6 Å². The number of nitrogens with zero attached hydrogens (tertiary/aromatic N) is 4. The van der Waals surface area contributed by atoms with E-state index in [1.807, 2.05) is 18.2 Å². The first kappa shape index (κ1) is 13.7. The predicted octanol–water partition coefficient (Wildman–Crippen LogP) is 1.48. The molecule has 0 amide bonds. The number of nitro groups is 1. The Labute approximate surface area is 115 Å². The second-order valence-electron chi connectivity index (χ2n) is 3.92. The van der Waals surface area contributed by atoms with Gasteiger partial charge in [0.05, 0.1) is 4.92 Å². The molecule has 2 aromatic heterocycles. The molecule has 0 aliphatic carbocycles. The van der Waals surface area contributed by atoms with Gasteiger partial charge in [-0.15, -0.1) is 0 Å². The molecule has 8 heteroatoms. The van der Waals surface area contributed by atoms with Crippen molar-refractivity contribution in [3.05, 3.63) is 46.5 Å². The maximum Gasteiger partial charge on any atom is 0.353 e. The summed E-state index contributed by atoms with van der Waals surface area (Å²) in [6, 6.07) is 5.63. The van der Waals surface area contributed by atoms with Gasteiger partial charge in [0.1, 0.15) is 6.33 Å². The monoisotopic (exact) mass is 274 g/mol. The van der Waals surface area contributed by atoms with Crippen LogP contribution in [0.1, 0.15) is 5.69 Å². The SMILES string of the molecule is CNc1ncnc(NCCc2ccccn2)c1[N+](=O)[O-]. The minimum absolute atomic E-state index is 0.156. The molecule has 0 unspecified atom stereocenters. The molecule has 0 bridgehead atoms. The van der Waals surface area contributed by atoms with Gasteiger partial charge in [0.25, 0.3) is 0 Å². The van der Waals surface area contributed by atoms with Crippen molar-refractivity contribution in [1.82, 2.24) is 15.0 Å². The molecule has 0 fully saturated rings. The third-order valence-electron chi connectivity index (χ3n) is 2.64. The number of pyridine rings is 1. The number of hydrogen-bond acceptors (Lipinski definition) is 7. The fraction of sp³-hybridized carbons (Fsp3) is 0.250. The van der Waals surface area contributed by atoms with Crippen LogP contribution in [0.25, 0.3) is 0 Å². The lowest BCUT2D eigenvalue weighted by Crippen LogP contribution is -2.11. The highest BCUT2D eigenvalue weighted by Crippen LogP contribution is 2.28. The van der Waals surface area contributed by atoms with Crippen molar-refractivity contribution in [2.75, 3.05) is 24.2 Å². The van der Waals surface area contributed by atoms with Crippen LogP contribution in [-0.2, 0) is 6.42 Å². The number of nitrogens with one attached hydrogen (secondary N) is 2. The van der Waals surface area contributed by atoms with Gasteiger partial charge >= 0.3 is 5.69 Å². The smallest absolute Gasteiger partial charge is 0.353 e. The highest BCUT2D eigenvalue weighted by Gasteiger charge is 2.21. The Kier molecular flexibility index (Phi) is 4.38. The fourth-order valence-electron chi connectivity index (χ4n) is 1.72. The van der Waals surface area contributed by atoms with Crippen molar-refractivity contribution in [3.63, 3.8) is 0 Å². The number of anilines is 2. The molecule has 0 saturated heterocycles. The summed E-state index contributed by atoms with van der Waals surface area (Å²) >= 11 is 0. The third-order valence-corrected chi connectivity index (χ3v) is 2.64. The van der Waals surface area contributed by atoms with Crippen LogP contribution < -0.4 is 10.6 Å². The average Bonchev–Trinajstić information content (AvgIpc) is 2.47. The summed E-state index contributed by atoms with van der Waals surface area (Å²) in [4.78, 5) is 22.5. The molecule has 0 atom stereocenters. The first-order valence-corrected chi connectivity index (χ1v) is 6.03. The topological polar surface area (TPSA) is 106 Å². The van der Waals surface area contributed by atoms with E-state index >= 15 is 0 Å². The van der Waals surface area contributed by atoms with Crippen molar-refractivity contribution < 1.29 is 4.92 Å². The van der Waals surface area contributed by atoms with Crippen LogP contribution in [-0.4, -0.2) is 33.5 Å². The summed E-state index contributed by atoms with van der Waals surface area (Å²) in [6.45, 7) is 0.498. The van der Waals surface area contributed by atoms with E-state index in [2.05, 4.69) is 25.6 Å². The first-order chi connectivity index (χ1) is 9.72. The molecule has 0 aromatic carbocycles. The molecule has 0 aliphatic rings. The Morgan fingerprint density at radius 2 is 2.05 bits per heavy atom. The molecule has 0 saturated carbocycles. The predicted molar refractivity (Wildman–Crippen MR) is 74.7 cm³/mol. The van der Waals surface area contributed by atoms with Crippen molar-refractivity contribution in [3.8, 4) is 0 Å². The van der Waals surface area contributed by atoms with E-state index in [9.17, 15) is 10.1 Å². The van der Waals surface area contributed by atoms with Gasteiger partial charge in [-0.25, -0.2) is 9.97 Å². The van der Waals surface area contributed by atoms with Crippen LogP contribution in [0.15, 0.2) is 30.7 Å². The molecule has 104 valence electrons. The Morgan fingerprint density at radius 1 is 1.25 bits per heavy atom. The number of hydrogen-bond donors (Lipinski definition) is 2. The number of aromatic nitrogens is 3. The van der Waals surface area contributed by atoms with Crippen molar-refractivity contribution in [2.24, 2.45) is 0 Å². The van der Waals surface area contributed by atoms with E-state index in [0.29, 0.717) is 13.0 Å². The summed E-state index contributed by atoms with van der Waals surface area (Å²) in [5, 5.41) is 16.7. The Balaban J connectivity index is 2.08. The molecule has 0 radical (unpaired) electrons. The standard InChI is InChI=1S/C12H14N6O2/c1-13-11-10(18(19)20)12(17-8-16-11)15-7-5-9-4-2-3-6-14-9/h2-4,6,8H,5,7H2,1H3,(H2,13,15,16,17). The third kappa shape index (κ3) is 3.16. The molecule has 2 N–H and O–H groups in total. The summed E-state index contributed by atoms with van der Waals surface area (Å²) in [5.74, 6) is 0.385. The van der Waals surface area contributed by atoms with E-state index in [1.54, 1.807) is 13.2 Å². The van der Waals surface area contributed by atoms with Gasteiger partial charge in [0.2, 0.25) is 11.6 Å². The van der Waals surface area contributed by atoms with E-state index in [4.69, 9.17) is 0 Å². The summed E-state index contributed by atoms with van der Waals surface area (Å²) in [7, 11) is 1.58. The number of rotatable bonds is 6. The van der Waals surface area contributed by atoms with Crippen LogP contribution >= 0.6 is 0 Å². The zero-order valence-corrected chi connectivity index (χ0v) is 10.9. The summed E-state index contributed by atoms with van der Waals surface area (Å²) in [6.07, 6.45) is 3.64. The largest absolute Gasteiger partial charge is 0.367 e. The van der Waals surface area contributed by atoms with E-state index in [0.717, 1.165) is 5.69 Å². The Morgan fingerprint density at radius 3 is 2.70 bits per heavy atom. The molecule has 8 nitrogen and oxygen atoms in total. The highest BCUT2D eigenvalue weighted by molar-refractivity contribution is 5.68. The van der Waals surface area contributed by atoms with Gasteiger partial charge in [0.15, 0.2) is 0 Å². The van der Waals surface area contributed by atoms with Crippen molar-refractivity contribution in [2.45, 2.75) is 6.42 Å². The molecule has 20 heavy (non-hydrogen) atoms. The average molecular weight is 274 g/mol. The molecule has 2 aromatic rings. The molecule has 0 spiro atoms. The van der Waals surface area contributed by atoms with Crippen molar-refractivity contribution >= 4 is 17.3 Å². The van der Waals surface area contributed by atoms with E-state index < -0.39 is 4.92 Å². The maximum atomic E-state index is 11.1. The minimum atomic E-state index is -0.505. The van der Waals surface area contributed by atoms with Gasteiger partial charge in [0, 0.05) is 31.9 Å². The molecule has 2 rings (SSSR count). The van der Waals surface area contributed by atoms with Crippen LogP contribution in [0.4, 0.5) is 17.3 Å². The van der Waals surface area contributed by atoms with Crippen LogP contribution in [0.5, 0.6) is 0 Å². The first-order valence-electron chi connectivity index (χ1n) is 6.03. The lowest BCUT2D eigenvalue weighted by atomic mass is 10.2. The molecular formula is C12H14N6O2. The van der Waals surface area contributed by atoms with Gasteiger partial charge in [-0.05, 0) is 12.1 Å². The second-order valence-corrected chi connectivity index (χ2v) is 3.92. The van der Waals surface area contributed by atoms with Crippen LogP contribution in [0, 0.1) is 10.1 Å². The zero-order valence-electron chi connectivity index (χ0n) is 10.9. The second kappa shape index (κ2) is 6.41. The van der Waals surface area contributed by atoms with Crippen LogP contribution in [0.3, 0.4) is 0 Å². The maximum absolute atomic E-state index is 11.1. The van der Waals surface area contributed by atoms with Gasteiger partial charge in [-0.1, -0.05) is 6.07 Å². The molecule has 2 heterocycles. The van der Waals surface area contributed by atoms with Gasteiger partial charge in [-0.3, -0.25) is 15.1 Å². The van der Waals surface area contributed by atoms with Crippen molar-refractivity contribution in [1.29, 1.82) is 0 Å². The minimum Gasteiger partial charge on any atom is -0.367 e. The summed E-state index contributed by atoms with van der Waals surface area (Å²) < 4.78 is 0. The van der Waals surface area contributed by atoms with E-state index in [1.165, 1.54) is 6.33 Å². The lowest BCUT2D eigenvalue weighted by Gasteiger charge is -2.07. The zero-order chi connectivity index (χ0) is 14.4. The Bertz CT molecular complexity index is 590. The quantitative estimate of drug-likeness (QED) is 0.607. The Hall–Kier alpha value is -2.77. The van der Waals surface area contributed by atoms with Crippen LogP contribution in [0.2, 0.25) is 0 Å². The van der Waals surface area contributed by atoms with E-state index in [-0.39, 0.29) is 17.3 Å². The lowest BCUT2D eigenvalue weighted by molar-refractivity contribution is -0.383. The normalized spacial score (nSPS) is 10.1. The molecule has 0 aliphatic heterocycles. The fourth-order valence-corrected chi connectivity index (χ4v) is 1.72. The summed E-state index contributed by atoms with van der Waals surface area (Å²) in [5.41, 5.74) is 0.751. The molecular weight excluding hydrogens is 260 g/mol. The van der Waals surface area contributed by atoms with Gasteiger partial charge in [-0.2, -0.15) is 0 Å².